The van der Waals surface area contributed by atoms with Crippen molar-refractivity contribution in [1.29, 1.82) is 0 Å². The van der Waals surface area contributed by atoms with Gasteiger partial charge in [-0.05, 0) is 25.1 Å². The van der Waals surface area contributed by atoms with Gasteiger partial charge in [-0.3, -0.25) is 9.59 Å². The van der Waals surface area contributed by atoms with Crippen LogP contribution in [0.25, 0.3) is 0 Å². The van der Waals surface area contributed by atoms with E-state index in [-0.39, 0.29) is 29.1 Å². The van der Waals surface area contributed by atoms with Crippen LogP contribution in [0.15, 0.2) is 18.2 Å². The lowest BCUT2D eigenvalue weighted by Crippen LogP contribution is -2.46. The summed E-state index contributed by atoms with van der Waals surface area (Å²) in [5, 5.41) is 3.26. The van der Waals surface area contributed by atoms with Gasteiger partial charge in [0.15, 0.2) is 0 Å². The van der Waals surface area contributed by atoms with E-state index in [4.69, 9.17) is 22.1 Å². The fourth-order valence-electron chi connectivity index (χ4n) is 2.16. The monoisotopic (exact) mass is 311 g/mol. The van der Waals surface area contributed by atoms with Gasteiger partial charge in [-0.1, -0.05) is 11.6 Å². The Kier molecular flexibility index (Phi) is 5.03. The molecule has 0 radical (unpaired) electrons. The SMILES string of the molecule is CC1CN(C(=O)CNc2ccc(C(N)=O)c(Cl)c2)CCO1. The molecule has 2 amide bonds. The molecule has 6 nitrogen and oxygen atoms in total. The summed E-state index contributed by atoms with van der Waals surface area (Å²) in [5.41, 5.74) is 6.11. The highest BCUT2D eigenvalue weighted by atomic mass is 35.5. The molecule has 1 unspecified atom stereocenters. The Morgan fingerprint density at radius 3 is 2.90 bits per heavy atom. The number of morpholine rings is 1. The van der Waals surface area contributed by atoms with E-state index < -0.39 is 5.91 Å². The van der Waals surface area contributed by atoms with E-state index in [1.807, 2.05) is 6.92 Å². The predicted molar refractivity (Wildman–Crippen MR) is 80.5 cm³/mol. The van der Waals surface area contributed by atoms with Gasteiger partial charge in [0.2, 0.25) is 11.8 Å². The first-order valence-corrected chi connectivity index (χ1v) is 7.08. The molecule has 114 valence electrons. The zero-order valence-corrected chi connectivity index (χ0v) is 12.5. The Hall–Kier alpha value is -1.79. The van der Waals surface area contributed by atoms with Crippen LogP contribution in [-0.4, -0.2) is 49.1 Å². The van der Waals surface area contributed by atoms with Crippen LogP contribution in [0.5, 0.6) is 0 Å². The van der Waals surface area contributed by atoms with Crippen LogP contribution in [0, 0.1) is 0 Å². The first-order chi connectivity index (χ1) is 9.97. The summed E-state index contributed by atoms with van der Waals surface area (Å²) in [6.45, 7) is 3.87. The third-order valence-corrected chi connectivity index (χ3v) is 3.58. The molecule has 0 bridgehead atoms. The summed E-state index contributed by atoms with van der Waals surface area (Å²) in [5.74, 6) is -0.579. The van der Waals surface area contributed by atoms with Crippen LogP contribution in [0.3, 0.4) is 0 Å². The molecule has 0 aromatic heterocycles. The molecule has 1 aliphatic heterocycles. The van der Waals surface area contributed by atoms with Crippen molar-refractivity contribution in [2.75, 3.05) is 31.6 Å². The lowest BCUT2D eigenvalue weighted by atomic mass is 10.2. The second-order valence-electron chi connectivity index (χ2n) is 4.93. The lowest BCUT2D eigenvalue weighted by Gasteiger charge is -2.31. The summed E-state index contributed by atoms with van der Waals surface area (Å²) in [4.78, 5) is 24.9. The molecule has 0 spiro atoms. The largest absolute Gasteiger partial charge is 0.376 e. The highest BCUT2D eigenvalue weighted by Crippen LogP contribution is 2.20. The predicted octanol–water partition coefficient (Wildman–Crippen LogP) is 1.10. The van der Waals surface area contributed by atoms with E-state index >= 15 is 0 Å². The maximum Gasteiger partial charge on any atom is 0.250 e. The minimum atomic E-state index is -0.579. The third kappa shape index (κ3) is 4.09. The first-order valence-electron chi connectivity index (χ1n) is 6.70. The Morgan fingerprint density at radius 1 is 1.52 bits per heavy atom. The Labute approximate surface area is 128 Å². The molecule has 0 saturated carbocycles. The molecule has 1 aromatic carbocycles. The number of nitrogens with zero attached hydrogens (tertiary/aromatic N) is 1. The van der Waals surface area contributed by atoms with E-state index in [0.717, 1.165) is 0 Å². The minimum Gasteiger partial charge on any atom is -0.376 e. The molecule has 1 heterocycles. The summed E-state index contributed by atoms with van der Waals surface area (Å²) in [7, 11) is 0. The normalized spacial score (nSPS) is 18.4. The summed E-state index contributed by atoms with van der Waals surface area (Å²) < 4.78 is 5.40. The molecule has 21 heavy (non-hydrogen) atoms. The highest BCUT2D eigenvalue weighted by molar-refractivity contribution is 6.34. The van der Waals surface area contributed by atoms with Crippen LogP contribution >= 0.6 is 11.6 Å². The second-order valence-corrected chi connectivity index (χ2v) is 5.34. The van der Waals surface area contributed by atoms with Gasteiger partial charge >= 0.3 is 0 Å². The number of carbonyl (C=O) groups excluding carboxylic acids is 2. The van der Waals surface area contributed by atoms with Gasteiger partial charge in [-0.25, -0.2) is 0 Å². The van der Waals surface area contributed by atoms with Crippen LogP contribution in [0.1, 0.15) is 17.3 Å². The molecule has 0 aliphatic carbocycles. The van der Waals surface area contributed by atoms with Crippen molar-refractivity contribution >= 4 is 29.1 Å². The van der Waals surface area contributed by atoms with Gasteiger partial charge in [0.05, 0.1) is 29.8 Å². The van der Waals surface area contributed by atoms with Gasteiger partial charge in [-0.15, -0.1) is 0 Å². The van der Waals surface area contributed by atoms with Gasteiger partial charge < -0.3 is 20.7 Å². The number of ether oxygens (including phenoxy) is 1. The van der Waals surface area contributed by atoms with Crippen LogP contribution < -0.4 is 11.1 Å². The van der Waals surface area contributed by atoms with E-state index in [9.17, 15) is 9.59 Å². The standard InChI is InChI=1S/C14H18ClN3O3/c1-9-8-18(4-5-21-9)13(19)7-17-10-2-3-11(14(16)20)12(15)6-10/h2-3,6,9,17H,4-5,7-8H2,1H3,(H2,16,20). The fourth-order valence-corrected chi connectivity index (χ4v) is 2.43. The molecule has 1 aliphatic rings. The molecular weight excluding hydrogens is 294 g/mol. The molecule has 7 heteroatoms. The number of carbonyl (C=O) groups is 2. The Morgan fingerprint density at radius 2 is 2.29 bits per heavy atom. The smallest absolute Gasteiger partial charge is 0.250 e. The van der Waals surface area contributed by atoms with Crippen molar-refractivity contribution in [3.8, 4) is 0 Å². The maximum absolute atomic E-state index is 12.1. The lowest BCUT2D eigenvalue weighted by molar-refractivity contribution is -0.136. The molecule has 2 rings (SSSR count). The number of nitrogens with one attached hydrogen (secondary N) is 1. The van der Waals surface area contributed by atoms with Gasteiger partial charge in [0.25, 0.3) is 0 Å². The van der Waals surface area contributed by atoms with Crippen molar-refractivity contribution in [2.24, 2.45) is 5.73 Å². The number of rotatable bonds is 4. The second kappa shape index (κ2) is 6.78. The van der Waals surface area contributed by atoms with Gasteiger partial charge in [0, 0.05) is 18.8 Å². The summed E-state index contributed by atoms with van der Waals surface area (Å²) >= 11 is 5.95. The topological polar surface area (TPSA) is 84.7 Å². The Bertz CT molecular complexity index is 550. The van der Waals surface area contributed by atoms with Gasteiger partial charge in [0.1, 0.15) is 0 Å². The number of anilines is 1. The van der Waals surface area contributed by atoms with Crippen molar-refractivity contribution in [1.82, 2.24) is 4.90 Å². The minimum absolute atomic E-state index is 0.000232. The summed E-state index contributed by atoms with van der Waals surface area (Å²) in [6.07, 6.45) is 0.0620. The quantitative estimate of drug-likeness (QED) is 0.872. The number of amides is 2. The number of nitrogens with two attached hydrogens (primary N) is 1. The molecule has 1 fully saturated rings. The highest BCUT2D eigenvalue weighted by Gasteiger charge is 2.20. The van der Waals surface area contributed by atoms with E-state index in [1.165, 1.54) is 6.07 Å². The number of benzene rings is 1. The average Bonchev–Trinajstić information content (AvgIpc) is 2.44. The fraction of sp³-hybridized carbons (Fsp3) is 0.429. The van der Waals surface area contributed by atoms with Crippen LogP contribution in [0.2, 0.25) is 5.02 Å². The number of hydrogen-bond donors (Lipinski definition) is 2. The molecule has 1 saturated heterocycles. The van der Waals surface area contributed by atoms with Crippen molar-refractivity contribution < 1.29 is 14.3 Å². The molecule has 1 atom stereocenters. The van der Waals surface area contributed by atoms with Gasteiger partial charge in [-0.2, -0.15) is 0 Å². The van der Waals surface area contributed by atoms with Crippen molar-refractivity contribution in [3.05, 3.63) is 28.8 Å². The number of primary amides is 1. The number of hydrogen-bond acceptors (Lipinski definition) is 4. The first kappa shape index (κ1) is 15.6. The Balaban J connectivity index is 1.92. The molecule has 1 aromatic rings. The van der Waals surface area contributed by atoms with Crippen molar-refractivity contribution in [3.63, 3.8) is 0 Å². The van der Waals surface area contributed by atoms with Crippen molar-refractivity contribution in [2.45, 2.75) is 13.0 Å². The molecular formula is C14H18ClN3O3. The van der Waals surface area contributed by atoms with E-state index in [0.29, 0.717) is 25.4 Å². The maximum atomic E-state index is 12.1. The zero-order chi connectivity index (χ0) is 15.4. The third-order valence-electron chi connectivity index (χ3n) is 3.27. The summed E-state index contributed by atoms with van der Waals surface area (Å²) in [6, 6.07) is 4.78. The van der Waals surface area contributed by atoms with Crippen LogP contribution in [0.4, 0.5) is 5.69 Å². The molecule has 3 N–H and O–H groups in total. The van der Waals surface area contributed by atoms with E-state index in [1.54, 1.807) is 17.0 Å². The average molecular weight is 312 g/mol. The zero-order valence-electron chi connectivity index (χ0n) is 11.8. The van der Waals surface area contributed by atoms with E-state index in [2.05, 4.69) is 5.32 Å². The van der Waals surface area contributed by atoms with Crippen LogP contribution in [-0.2, 0) is 9.53 Å². The number of halogens is 1.